The number of rotatable bonds is 7. The molecule has 0 atom stereocenters. The normalized spacial score (nSPS) is 13.3. The third-order valence-corrected chi connectivity index (χ3v) is 2.91. The van der Waals surface area contributed by atoms with Crippen molar-refractivity contribution in [3.8, 4) is 0 Å². The van der Waals surface area contributed by atoms with Crippen molar-refractivity contribution in [3.05, 3.63) is 6.92 Å². The van der Waals surface area contributed by atoms with Crippen molar-refractivity contribution in [2.75, 3.05) is 0 Å². The minimum Gasteiger partial charge on any atom is -0.0654 e. The average Bonchev–Trinajstić information content (AvgIpc) is 1.98. The lowest BCUT2D eigenvalue weighted by molar-refractivity contribution is 0.268. The zero-order valence-electron chi connectivity index (χ0n) is 10.9. The first-order valence-corrected chi connectivity index (χ1v) is 6.12. The highest BCUT2D eigenvalue weighted by molar-refractivity contribution is 4.74. The Morgan fingerprint density at radius 1 is 0.857 bits per heavy atom. The van der Waals surface area contributed by atoms with Crippen LogP contribution < -0.4 is 0 Å². The minimum atomic E-state index is 0.265. The first kappa shape index (κ1) is 14.0. The molecule has 0 aliphatic rings. The van der Waals surface area contributed by atoms with Crippen LogP contribution in [0.25, 0.3) is 0 Å². The van der Waals surface area contributed by atoms with Gasteiger partial charge in [0, 0.05) is 0 Å². The van der Waals surface area contributed by atoms with Gasteiger partial charge < -0.3 is 0 Å². The summed E-state index contributed by atoms with van der Waals surface area (Å²) < 4.78 is 0. The molecule has 0 amide bonds. The van der Waals surface area contributed by atoms with Gasteiger partial charge in [-0.25, -0.2) is 0 Å². The van der Waals surface area contributed by atoms with Gasteiger partial charge in [-0.15, -0.1) is 0 Å². The summed E-state index contributed by atoms with van der Waals surface area (Å²) in [5.74, 6) is 0. The van der Waals surface area contributed by atoms with Crippen LogP contribution in [0.2, 0.25) is 0 Å². The molecule has 0 aromatic carbocycles. The monoisotopic (exact) mass is 197 g/mol. The van der Waals surface area contributed by atoms with Gasteiger partial charge in [-0.3, -0.25) is 0 Å². The lowest BCUT2D eigenvalue weighted by atomic mass is 9.79. The van der Waals surface area contributed by atoms with Crippen molar-refractivity contribution in [1.29, 1.82) is 0 Å². The molecule has 0 aliphatic heterocycles. The summed E-state index contributed by atoms with van der Waals surface area (Å²) >= 11 is 0. The van der Waals surface area contributed by atoms with Gasteiger partial charge in [0.1, 0.15) is 0 Å². The van der Waals surface area contributed by atoms with Crippen LogP contribution in [0.15, 0.2) is 0 Å². The molecule has 0 fully saturated rings. The van der Waals surface area contributed by atoms with Crippen LogP contribution in [0.1, 0.15) is 73.1 Å². The van der Waals surface area contributed by atoms with Crippen LogP contribution in [0.4, 0.5) is 0 Å². The number of hydrogen-bond donors (Lipinski definition) is 0. The molecule has 0 nitrogen and oxygen atoms in total. The fraction of sp³-hybridized carbons (Fsp3) is 0.929. The van der Waals surface area contributed by atoms with Gasteiger partial charge in [-0.2, -0.15) is 0 Å². The van der Waals surface area contributed by atoms with Crippen LogP contribution in [0.5, 0.6) is 0 Å². The highest BCUT2D eigenvalue weighted by Crippen LogP contribution is 2.32. The van der Waals surface area contributed by atoms with Gasteiger partial charge in [0.05, 0.1) is 0 Å². The molecule has 0 heterocycles. The molecule has 14 heavy (non-hydrogen) atoms. The molecule has 0 unspecified atom stereocenters. The van der Waals surface area contributed by atoms with E-state index in [1.165, 1.54) is 38.5 Å². The largest absolute Gasteiger partial charge is 0.0654 e. The van der Waals surface area contributed by atoms with E-state index in [-0.39, 0.29) is 5.41 Å². The van der Waals surface area contributed by atoms with E-state index in [1.54, 1.807) is 0 Å². The summed E-state index contributed by atoms with van der Waals surface area (Å²) in [6, 6.07) is 0. The van der Waals surface area contributed by atoms with Crippen LogP contribution in [-0.4, -0.2) is 0 Å². The summed E-state index contributed by atoms with van der Waals surface area (Å²) in [4.78, 5) is 0. The van der Waals surface area contributed by atoms with Crippen molar-refractivity contribution >= 4 is 0 Å². The first-order chi connectivity index (χ1) is 6.27. The van der Waals surface area contributed by atoms with Crippen LogP contribution in [-0.2, 0) is 0 Å². The molecule has 0 saturated heterocycles. The van der Waals surface area contributed by atoms with Crippen LogP contribution in [0, 0.1) is 17.8 Å². The SMILES string of the molecule is [CH2]C(C)(C)CCCC(C)(C)CCCC. The van der Waals surface area contributed by atoms with Gasteiger partial charge in [-0.05, 0) is 37.0 Å². The molecule has 0 heteroatoms. The van der Waals surface area contributed by atoms with Crippen molar-refractivity contribution in [2.24, 2.45) is 10.8 Å². The molecule has 0 aromatic heterocycles. The van der Waals surface area contributed by atoms with Crippen molar-refractivity contribution < 1.29 is 0 Å². The highest BCUT2D eigenvalue weighted by Gasteiger charge is 2.18. The molecule has 0 saturated carbocycles. The van der Waals surface area contributed by atoms with Crippen molar-refractivity contribution in [1.82, 2.24) is 0 Å². The molecule has 85 valence electrons. The van der Waals surface area contributed by atoms with E-state index in [1.807, 2.05) is 0 Å². The van der Waals surface area contributed by atoms with Crippen molar-refractivity contribution in [2.45, 2.75) is 73.1 Å². The molecular formula is C14H29. The topological polar surface area (TPSA) is 0 Å². The molecule has 0 bridgehead atoms. The Bertz CT molecular complexity index is 137. The molecule has 0 aromatic rings. The Morgan fingerprint density at radius 2 is 1.36 bits per heavy atom. The maximum atomic E-state index is 4.15. The maximum Gasteiger partial charge on any atom is -0.0354 e. The van der Waals surface area contributed by atoms with E-state index >= 15 is 0 Å². The van der Waals surface area contributed by atoms with E-state index < -0.39 is 0 Å². The van der Waals surface area contributed by atoms with E-state index in [4.69, 9.17) is 0 Å². The quantitative estimate of drug-likeness (QED) is 0.524. The lowest BCUT2D eigenvalue weighted by Crippen LogP contribution is -2.13. The summed E-state index contributed by atoms with van der Waals surface area (Å²) in [6.07, 6.45) is 8.01. The van der Waals surface area contributed by atoms with Crippen molar-refractivity contribution in [3.63, 3.8) is 0 Å². The molecule has 0 rings (SSSR count). The Hall–Kier alpha value is 0. The molecular weight excluding hydrogens is 168 g/mol. The third kappa shape index (κ3) is 8.59. The van der Waals surface area contributed by atoms with Gasteiger partial charge in [0.15, 0.2) is 0 Å². The Balaban J connectivity index is 3.65. The highest BCUT2D eigenvalue weighted by atomic mass is 14.2. The lowest BCUT2D eigenvalue weighted by Gasteiger charge is -2.26. The summed E-state index contributed by atoms with van der Waals surface area (Å²) in [5, 5.41) is 0. The Labute approximate surface area is 91.5 Å². The molecule has 0 aliphatic carbocycles. The van der Waals surface area contributed by atoms with E-state index in [0.717, 1.165) is 0 Å². The van der Waals surface area contributed by atoms with Gasteiger partial charge in [0.25, 0.3) is 0 Å². The third-order valence-electron chi connectivity index (χ3n) is 2.91. The van der Waals surface area contributed by atoms with E-state index in [2.05, 4.69) is 41.5 Å². The molecule has 0 spiro atoms. The summed E-state index contributed by atoms with van der Waals surface area (Å²) in [5.41, 5.74) is 0.808. The smallest absolute Gasteiger partial charge is 0.0354 e. The predicted molar refractivity (Wildman–Crippen MR) is 66.3 cm³/mol. The molecule has 1 radical (unpaired) electrons. The summed E-state index contributed by atoms with van der Waals surface area (Å²) in [7, 11) is 0. The fourth-order valence-corrected chi connectivity index (χ4v) is 1.83. The number of unbranched alkanes of at least 4 members (excludes halogenated alkanes) is 1. The van der Waals surface area contributed by atoms with Gasteiger partial charge >= 0.3 is 0 Å². The Morgan fingerprint density at radius 3 is 1.79 bits per heavy atom. The van der Waals surface area contributed by atoms with E-state index in [0.29, 0.717) is 5.41 Å². The zero-order valence-corrected chi connectivity index (χ0v) is 10.9. The zero-order chi connectivity index (χ0) is 11.2. The first-order valence-electron chi connectivity index (χ1n) is 6.12. The fourth-order valence-electron chi connectivity index (χ4n) is 1.83. The predicted octanol–water partition coefficient (Wildman–Crippen LogP) is 5.23. The van der Waals surface area contributed by atoms with Crippen LogP contribution >= 0.6 is 0 Å². The van der Waals surface area contributed by atoms with Gasteiger partial charge in [0.2, 0.25) is 0 Å². The van der Waals surface area contributed by atoms with E-state index in [9.17, 15) is 0 Å². The standard InChI is InChI=1S/C14H29/c1-7-8-11-14(5,6)12-9-10-13(2,3)4/h2,7-12H2,1,3-6H3. The van der Waals surface area contributed by atoms with Crippen LogP contribution in [0.3, 0.4) is 0 Å². The minimum absolute atomic E-state index is 0.265. The summed E-state index contributed by atoms with van der Waals surface area (Å²) in [6.45, 7) is 15.7. The average molecular weight is 197 g/mol. The number of hydrogen-bond acceptors (Lipinski definition) is 0. The second kappa shape index (κ2) is 5.78. The Kier molecular flexibility index (Phi) is 5.78. The molecule has 0 N–H and O–H groups in total. The second-order valence-electron chi connectivity index (χ2n) is 6.29. The maximum absolute atomic E-state index is 4.15. The second-order valence-corrected chi connectivity index (χ2v) is 6.29. The van der Waals surface area contributed by atoms with Gasteiger partial charge in [-0.1, -0.05) is 53.9 Å².